The van der Waals surface area contributed by atoms with Crippen molar-refractivity contribution < 1.29 is 22.3 Å². The lowest BCUT2D eigenvalue weighted by Gasteiger charge is -2.13. The van der Waals surface area contributed by atoms with Crippen molar-refractivity contribution in [3.8, 4) is 5.75 Å². The number of sulfonamides is 1. The maximum Gasteiger partial charge on any atom is 0.232 e. The Kier molecular flexibility index (Phi) is 6.80. The summed E-state index contributed by atoms with van der Waals surface area (Å²) >= 11 is 0. The molecule has 2 N–H and O–H groups in total. The summed E-state index contributed by atoms with van der Waals surface area (Å²) in [6, 6.07) is 14.5. The lowest BCUT2D eigenvalue weighted by Crippen LogP contribution is -2.15. The van der Waals surface area contributed by atoms with Crippen LogP contribution >= 0.6 is 0 Å². The molecule has 8 heteroatoms. The summed E-state index contributed by atoms with van der Waals surface area (Å²) < 4.78 is 45.7. The van der Waals surface area contributed by atoms with Crippen molar-refractivity contribution in [2.24, 2.45) is 0 Å². The predicted octanol–water partition coefficient (Wildman–Crippen LogP) is 4.70. The van der Waals surface area contributed by atoms with Crippen LogP contribution in [0, 0.1) is 5.82 Å². The van der Waals surface area contributed by atoms with E-state index in [4.69, 9.17) is 4.74 Å². The average Bonchev–Trinajstić information content (AvgIpc) is 3.24. The highest BCUT2D eigenvalue weighted by Crippen LogP contribution is 2.28. The Balaban J connectivity index is 1.78. The molecule has 0 spiro atoms. The average molecular weight is 445 g/mol. The number of rotatable bonds is 9. The fourth-order valence-electron chi connectivity index (χ4n) is 3.18. The minimum Gasteiger partial charge on any atom is -0.494 e. The van der Waals surface area contributed by atoms with Gasteiger partial charge in [0.15, 0.2) is 0 Å². The number of H-pyrrole nitrogens is 1. The van der Waals surface area contributed by atoms with Gasteiger partial charge in [0, 0.05) is 17.2 Å². The van der Waals surface area contributed by atoms with E-state index >= 15 is 0 Å². The van der Waals surface area contributed by atoms with E-state index in [1.54, 1.807) is 42.5 Å². The van der Waals surface area contributed by atoms with Gasteiger partial charge in [-0.15, -0.1) is 0 Å². The molecule has 1 atom stereocenters. The quantitative estimate of drug-likeness (QED) is 0.469. The zero-order valence-corrected chi connectivity index (χ0v) is 18.4. The molecule has 0 saturated heterocycles. The molecular weight excluding hydrogens is 419 g/mol. The smallest absolute Gasteiger partial charge is 0.232 e. The number of hydrogen-bond acceptors (Lipinski definition) is 4. The molecular formula is C23H25FN2O4S. The van der Waals surface area contributed by atoms with E-state index in [0.717, 1.165) is 6.07 Å². The van der Waals surface area contributed by atoms with Crippen molar-refractivity contribution in [3.05, 3.63) is 82.9 Å². The van der Waals surface area contributed by atoms with Gasteiger partial charge in [-0.2, -0.15) is 0 Å². The third-order valence-corrected chi connectivity index (χ3v) is 6.27. The molecule has 31 heavy (non-hydrogen) atoms. The summed E-state index contributed by atoms with van der Waals surface area (Å²) in [6.07, 6.45) is 0. The number of benzene rings is 2. The summed E-state index contributed by atoms with van der Waals surface area (Å²) in [7, 11) is -3.48. The first-order chi connectivity index (χ1) is 14.7. The lowest BCUT2D eigenvalue weighted by molar-refractivity contribution is 0.103. The maximum atomic E-state index is 14.7. The second-order valence-electron chi connectivity index (χ2n) is 7.08. The van der Waals surface area contributed by atoms with Crippen molar-refractivity contribution in [3.63, 3.8) is 0 Å². The van der Waals surface area contributed by atoms with Crippen LogP contribution in [0.1, 0.15) is 54.0 Å². The molecule has 1 aromatic heterocycles. The summed E-state index contributed by atoms with van der Waals surface area (Å²) in [5.41, 5.74) is 2.16. The molecule has 2 aromatic carbocycles. The Hall–Kier alpha value is -3.13. The van der Waals surface area contributed by atoms with Crippen molar-refractivity contribution in [1.29, 1.82) is 0 Å². The van der Waals surface area contributed by atoms with Crippen LogP contribution in [0.2, 0.25) is 0 Å². The minimum atomic E-state index is -3.48. The number of carbonyl (C=O) groups excluding carboxylic acids is 1. The summed E-state index contributed by atoms with van der Waals surface area (Å²) in [6.45, 7) is 5.76. The second kappa shape index (κ2) is 9.34. The SMILES string of the molecule is CCOc1ccc(C(=O)c2ccc(C(C)c3ccc(NS(=O)(=O)CC)cc3F)[nH]2)cc1. The zero-order valence-electron chi connectivity index (χ0n) is 17.6. The van der Waals surface area contributed by atoms with Gasteiger partial charge in [-0.25, -0.2) is 12.8 Å². The molecule has 0 radical (unpaired) electrons. The van der Waals surface area contributed by atoms with Crippen molar-refractivity contribution in [1.82, 2.24) is 4.98 Å². The van der Waals surface area contributed by atoms with Gasteiger partial charge in [-0.05, 0) is 67.9 Å². The van der Waals surface area contributed by atoms with E-state index in [-0.39, 0.29) is 23.1 Å². The van der Waals surface area contributed by atoms with Crippen molar-refractivity contribution in [2.75, 3.05) is 17.1 Å². The monoisotopic (exact) mass is 444 g/mol. The van der Waals surface area contributed by atoms with E-state index in [0.29, 0.717) is 34.9 Å². The van der Waals surface area contributed by atoms with Crippen LogP contribution in [-0.4, -0.2) is 31.5 Å². The first-order valence-electron chi connectivity index (χ1n) is 10.0. The van der Waals surface area contributed by atoms with Gasteiger partial charge in [0.2, 0.25) is 15.8 Å². The standard InChI is InChI=1S/C23H25FN2O4S/c1-4-30-18-9-6-16(7-10-18)23(27)22-13-12-21(25-22)15(3)19-11-8-17(14-20(19)24)26-31(28,29)5-2/h6-15,25-26H,4-5H2,1-3H3. The number of aromatic nitrogens is 1. The molecule has 0 amide bonds. The minimum absolute atomic E-state index is 0.0968. The Labute approximate surface area is 181 Å². The number of anilines is 1. The van der Waals surface area contributed by atoms with Gasteiger partial charge >= 0.3 is 0 Å². The number of ketones is 1. The molecule has 0 aliphatic rings. The van der Waals surface area contributed by atoms with Crippen LogP contribution in [0.4, 0.5) is 10.1 Å². The van der Waals surface area contributed by atoms with E-state index in [9.17, 15) is 17.6 Å². The van der Waals surface area contributed by atoms with Gasteiger partial charge in [0.1, 0.15) is 11.6 Å². The number of halogens is 1. The molecule has 0 fully saturated rings. The first kappa shape index (κ1) is 22.6. The lowest BCUT2D eigenvalue weighted by atomic mass is 9.97. The Morgan fingerprint density at radius 3 is 2.42 bits per heavy atom. The number of aromatic amines is 1. The first-order valence-corrected chi connectivity index (χ1v) is 11.7. The van der Waals surface area contributed by atoms with Crippen LogP contribution < -0.4 is 9.46 Å². The van der Waals surface area contributed by atoms with E-state index in [1.807, 2.05) is 13.8 Å². The molecule has 0 bridgehead atoms. The van der Waals surface area contributed by atoms with Crippen LogP contribution in [0.25, 0.3) is 0 Å². The third kappa shape index (κ3) is 5.32. The zero-order chi connectivity index (χ0) is 22.6. The van der Waals surface area contributed by atoms with Crippen LogP contribution in [0.3, 0.4) is 0 Å². The molecule has 1 heterocycles. The fourth-order valence-corrected chi connectivity index (χ4v) is 3.81. The van der Waals surface area contributed by atoms with Crippen LogP contribution in [0.15, 0.2) is 54.6 Å². The van der Waals surface area contributed by atoms with Crippen LogP contribution in [-0.2, 0) is 10.0 Å². The number of carbonyl (C=O) groups is 1. The van der Waals surface area contributed by atoms with E-state index in [1.165, 1.54) is 13.0 Å². The maximum absolute atomic E-state index is 14.7. The Bertz CT molecular complexity index is 1170. The van der Waals surface area contributed by atoms with E-state index in [2.05, 4.69) is 9.71 Å². The number of hydrogen-bond donors (Lipinski definition) is 2. The largest absolute Gasteiger partial charge is 0.494 e. The molecule has 0 aliphatic carbocycles. The second-order valence-corrected chi connectivity index (χ2v) is 9.09. The van der Waals surface area contributed by atoms with Gasteiger partial charge in [0.25, 0.3) is 0 Å². The third-order valence-electron chi connectivity index (χ3n) is 4.97. The predicted molar refractivity (Wildman–Crippen MR) is 119 cm³/mol. The molecule has 164 valence electrons. The molecule has 3 rings (SSSR count). The summed E-state index contributed by atoms with van der Waals surface area (Å²) in [5, 5.41) is 0. The van der Waals surface area contributed by atoms with Crippen molar-refractivity contribution in [2.45, 2.75) is 26.7 Å². The highest BCUT2D eigenvalue weighted by molar-refractivity contribution is 7.92. The molecule has 3 aromatic rings. The molecule has 6 nitrogen and oxygen atoms in total. The van der Waals surface area contributed by atoms with Gasteiger partial charge in [-0.3, -0.25) is 9.52 Å². The van der Waals surface area contributed by atoms with Gasteiger partial charge in [0.05, 0.1) is 23.7 Å². The molecule has 1 unspecified atom stereocenters. The fraction of sp³-hybridized carbons (Fsp3) is 0.261. The topological polar surface area (TPSA) is 88.3 Å². The number of nitrogens with one attached hydrogen (secondary N) is 2. The Morgan fingerprint density at radius 2 is 1.81 bits per heavy atom. The van der Waals surface area contributed by atoms with Crippen molar-refractivity contribution >= 4 is 21.5 Å². The van der Waals surface area contributed by atoms with Crippen LogP contribution in [0.5, 0.6) is 5.75 Å². The number of ether oxygens (including phenoxy) is 1. The Morgan fingerprint density at radius 1 is 1.10 bits per heavy atom. The van der Waals surface area contributed by atoms with Gasteiger partial charge in [-0.1, -0.05) is 13.0 Å². The van der Waals surface area contributed by atoms with Gasteiger partial charge < -0.3 is 9.72 Å². The highest BCUT2D eigenvalue weighted by Gasteiger charge is 2.19. The van der Waals surface area contributed by atoms with E-state index < -0.39 is 15.8 Å². The summed E-state index contributed by atoms with van der Waals surface area (Å²) in [5.74, 6) is -0.469. The molecule has 0 aliphatic heterocycles. The molecule has 0 saturated carbocycles. The summed E-state index contributed by atoms with van der Waals surface area (Å²) in [4.78, 5) is 15.8. The normalized spacial score (nSPS) is 12.4. The highest BCUT2D eigenvalue weighted by atomic mass is 32.2.